The SMILES string of the molecule is Cc1ccc(CN2CCN(c3c(F)cccc3[C@H](O)c3nccn3C)CC2)s1. The average Bonchev–Trinajstić information content (AvgIpc) is 3.30. The van der Waals surface area contributed by atoms with Crippen molar-refractivity contribution in [3.8, 4) is 0 Å². The van der Waals surface area contributed by atoms with Crippen LogP contribution in [0.3, 0.4) is 0 Å². The average molecular weight is 401 g/mol. The number of anilines is 1. The lowest BCUT2D eigenvalue weighted by Crippen LogP contribution is -2.46. The minimum atomic E-state index is -0.960. The lowest BCUT2D eigenvalue weighted by atomic mass is 10.0. The molecule has 1 aliphatic rings. The van der Waals surface area contributed by atoms with E-state index in [0.29, 0.717) is 17.1 Å². The topological polar surface area (TPSA) is 44.5 Å². The molecule has 5 nitrogen and oxygen atoms in total. The first-order valence-electron chi connectivity index (χ1n) is 9.49. The van der Waals surface area contributed by atoms with Gasteiger partial charge in [-0.2, -0.15) is 0 Å². The van der Waals surface area contributed by atoms with Gasteiger partial charge < -0.3 is 14.6 Å². The van der Waals surface area contributed by atoms with E-state index in [1.807, 2.05) is 23.3 Å². The van der Waals surface area contributed by atoms with Crippen LogP contribution in [0.1, 0.15) is 27.2 Å². The van der Waals surface area contributed by atoms with Gasteiger partial charge in [-0.05, 0) is 25.1 Å². The molecule has 1 aliphatic heterocycles. The molecule has 0 amide bonds. The number of hydrogen-bond donors (Lipinski definition) is 1. The monoisotopic (exact) mass is 400 g/mol. The fourth-order valence-corrected chi connectivity index (χ4v) is 4.72. The highest BCUT2D eigenvalue weighted by Crippen LogP contribution is 2.33. The number of nitrogens with zero attached hydrogens (tertiary/aromatic N) is 4. The van der Waals surface area contributed by atoms with E-state index in [0.717, 1.165) is 32.7 Å². The molecule has 0 radical (unpaired) electrons. The van der Waals surface area contributed by atoms with E-state index in [-0.39, 0.29) is 5.82 Å². The molecule has 28 heavy (non-hydrogen) atoms. The standard InChI is InChI=1S/C21H25FN4OS/c1-15-6-7-16(28-15)14-25-10-12-26(13-11-25)19-17(4-3-5-18(19)22)20(27)21-23-8-9-24(21)2/h3-9,20,27H,10-14H2,1-2H3/t20-/m0/s1. The number of thiophene rings is 1. The van der Waals surface area contributed by atoms with Gasteiger partial charge in [0.25, 0.3) is 0 Å². The zero-order valence-corrected chi connectivity index (χ0v) is 17.0. The maximum absolute atomic E-state index is 14.8. The van der Waals surface area contributed by atoms with Crippen LogP contribution in [0.25, 0.3) is 0 Å². The number of rotatable bonds is 5. The second-order valence-corrected chi connectivity index (χ2v) is 8.62. The van der Waals surface area contributed by atoms with E-state index in [1.165, 1.54) is 15.8 Å². The molecule has 1 N–H and O–H groups in total. The highest BCUT2D eigenvalue weighted by atomic mass is 32.1. The minimum absolute atomic E-state index is 0.298. The predicted molar refractivity (Wildman–Crippen MR) is 110 cm³/mol. The number of benzene rings is 1. The summed E-state index contributed by atoms with van der Waals surface area (Å²) in [6, 6.07) is 9.24. The maximum atomic E-state index is 14.8. The van der Waals surface area contributed by atoms with Crippen LogP contribution < -0.4 is 4.90 Å². The Labute approximate surface area is 168 Å². The molecule has 148 valence electrons. The second-order valence-electron chi connectivity index (χ2n) is 7.25. The quantitative estimate of drug-likeness (QED) is 0.714. The summed E-state index contributed by atoms with van der Waals surface area (Å²) >= 11 is 1.83. The molecule has 0 spiro atoms. The molecular weight excluding hydrogens is 375 g/mol. The summed E-state index contributed by atoms with van der Waals surface area (Å²) in [5.41, 5.74) is 1.06. The summed E-state index contributed by atoms with van der Waals surface area (Å²) in [6.07, 6.45) is 2.46. The molecule has 3 heterocycles. The summed E-state index contributed by atoms with van der Waals surface area (Å²) < 4.78 is 16.6. The van der Waals surface area contributed by atoms with Gasteiger partial charge in [0, 0.05) is 67.5 Å². The van der Waals surface area contributed by atoms with Crippen LogP contribution in [-0.4, -0.2) is 45.7 Å². The van der Waals surface area contributed by atoms with Crippen molar-refractivity contribution < 1.29 is 9.50 Å². The number of imidazole rings is 1. The molecule has 1 atom stereocenters. The summed E-state index contributed by atoms with van der Waals surface area (Å²) in [5.74, 6) is 0.214. The van der Waals surface area contributed by atoms with Crippen molar-refractivity contribution in [1.82, 2.24) is 14.5 Å². The summed E-state index contributed by atoms with van der Waals surface area (Å²) in [7, 11) is 1.83. The van der Waals surface area contributed by atoms with Crippen LogP contribution in [0.5, 0.6) is 0 Å². The molecule has 0 saturated carbocycles. The van der Waals surface area contributed by atoms with Gasteiger partial charge in [-0.15, -0.1) is 11.3 Å². The van der Waals surface area contributed by atoms with E-state index < -0.39 is 6.10 Å². The smallest absolute Gasteiger partial charge is 0.146 e. The third kappa shape index (κ3) is 3.83. The number of hydrogen-bond acceptors (Lipinski definition) is 5. The molecule has 3 aromatic rings. The van der Waals surface area contributed by atoms with Crippen LogP contribution in [0.4, 0.5) is 10.1 Å². The van der Waals surface area contributed by atoms with Gasteiger partial charge in [0.15, 0.2) is 0 Å². The Balaban J connectivity index is 1.51. The Bertz CT molecular complexity index is 946. The van der Waals surface area contributed by atoms with Crippen molar-refractivity contribution in [1.29, 1.82) is 0 Å². The second kappa shape index (κ2) is 8.03. The summed E-state index contributed by atoms with van der Waals surface area (Å²) in [5, 5.41) is 10.9. The number of aromatic nitrogens is 2. The van der Waals surface area contributed by atoms with Crippen molar-refractivity contribution >= 4 is 17.0 Å². The zero-order chi connectivity index (χ0) is 19.7. The Morgan fingerprint density at radius 2 is 1.96 bits per heavy atom. The number of aliphatic hydroxyl groups is 1. The molecule has 1 aromatic carbocycles. The van der Waals surface area contributed by atoms with Crippen LogP contribution in [0.15, 0.2) is 42.7 Å². The molecule has 1 fully saturated rings. The molecule has 0 aliphatic carbocycles. The number of aryl methyl sites for hydroxylation is 2. The third-order valence-corrected chi connectivity index (χ3v) is 6.27. The Morgan fingerprint density at radius 1 is 1.18 bits per heavy atom. The number of aliphatic hydroxyl groups excluding tert-OH is 1. The first-order chi connectivity index (χ1) is 13.5. The first kappa shape index (κ1) is 19.1. The molecule has 1 saturated heterocycles. The lowest BCUT2D eigenvalue weighted by Gasteiger charge is -2.37. The Morgan fingerprint density at radius 3 is 2.61 bits per heavy atom. The van der Waals surface area contributed by atoms with Crippen LogP contribution in [-0.2, 0) is 13.6 Å². The Hall–Kier alpha value is -2.22. The first-order valence-corrected chi connectivity index (χ1v) is 10.3. The van der Waals surface area contributed by atoms with Crippen molar-refractivity contribution in [3.63, 3.8) is 0 Å². The highest BCUT2D eigenvalue weighted by Gasteiger charge is 2.26. The number of piperazine rings is 1. The number of halogens is 1. The van der Waals surface area contributed by atoms with E-state index in [1.54, 1.807) is 29.1 Å². The largest absolute Gasteiger partial charge is 0.380 e. The molecular formula is C21H25FN4OS. The predicted octanol–water partition coefficient (Wildman–Crippen LogP) is 3.33. The highest BCUT2D eigenvalue weighted by molar-refractivity contribution is 7.11. The molecule has 7 heteroatoms. The van der Waals surface area contributed by atoms with Gasteiger partial charge in [0.05, 0.1) is 5.69 Å². The normalized spacial score (nSPS) is 16.5. The molecule has 4 rings (SSSR count). The Kier molecular flexibility index (Phi) is 5.48. The fraction of sp³-hybridized carbons (Fsp3) is 0.381. The van der Waals surface area contributed by atoms with Crippen LogP contribution in [0.2, 0.25) is 0 Å². The lowest BCUT2D eigenvalue weighted by molar-refractivity contribution is 0.205. The van der Waals surface area contributed by atoms with Gasteiger partial charge >= 0.3 is 0 Å². The summed E-state index contributed by atoms with van der Waals surface area (Å²) in [4.78, 5) is 11.4. The van der Waals surface area contributed by atoms with Gasteiger partial charge in [0.1, 0.15) is 17.7 Å². The van der Waals surface area contributed by atoms with Gasteiger partial charge in [-0.25, -0.2) is 9.37 Å². The third-order valence-electron chi connectivity index (χ3n) is 5.28. The van der Waals surface area contributed by atoms with E-state index in [4.69, 9.17) is 0 Å². The van der Waals surface area contributed by atoms with Gasteiger partial charge in [-0.1, -0.05) is 12.1 Å². The van der Waals surface area contributed by atoms with Gasteiger partial charge in [0.2, 0.25) is 0 Å². The number of para-hydroxylation sites is 1. The summed E-state index contributed by atoms with van der Waals surface area (Å²) in [6.45, 7) is 6.24. The van der Waals surface area contributed by atoms with E-state index >= 15 is 0 Å². The van der Waals surface area contributed by atoms with Crippen molar-refractivity contribution in [2.45, 2.75) is 19.6 Å². The van der Waals surface area contributed by atoms with Crippen molar-refractivity contribution in [3.05, 3.63) is 69.7 Å². The molecule has 2 aromatic heterocycles. The van der Waals surface area contributed by atoms with Crippen LogP contribution in [0, 0.1) is 12.7 Å². The van der Waals surface area contributed by atoms with Crippen LogP contribution >= 0.6 is 11.3 Å². The van der Waals surface area contributed by atoms with E-state index in [2.05, 4.69) is 28.9 Å². The maximum Gasteiger partial charge on any atom is 0.146 e. The van der Waals surface area contributed by atoms with Crippen molar-refractivity contribution in [2.75, 3.05) is 31.1 Å². The van der Waals surface area contributed by atoms with Gasteiger partial charge in [-0.3, -0.25) is 4.90 Å². The molecule has 0 unspecified atom stereocenters. The molecule has 0 bridgehead atoms. The zero-order valence-electron chi connectivity index (χ0n) is 16.2. The van der Waals surface area contributed by atoms with E-state index in [9.17, 15) is 9.50 Å². The minimum Gasteiger partial charge on any atom is -0.380 e. The fourth-order valence-electron chi connectivity index (χ4n) is 3.79. The van der Waals surface area contributed by atoms with Crippen molar-refractivity contribution in [2.24, 2.45) is 7.05 Å².